The van der Waals surface area contributed by atoms with Crippen LogP contribution in [0.1, 0.15) is 18.5 Å². The zero-order valence-electron chi connectivity index (χ0n) is 8.59. The minimum absolute atomic E-state index is 0.0269. The average molecular weight is 210 g/mol. The van der Waals surface area contributed by atoms with Gasteiger partial charge in [-0.25, -0.2) is 0 Å². The van der Waals surface area contributed by atoms with Crippen molar-refractivity contribution in [1.29, 1.82) is 0 Å². The summed E-state index contributed by atoms with van der Waals surface area (Å²) < 4.78 is 1.68. The molecule has 0 bridgehead atoms. The van der Waals surface area contributed by atoms with Crippen LogP contribution >= 0.6 is 0 Å². The molecule has 1 atom stereocenters. The Morgan fingerprint density at radius 2 is 2.47 bits per heavy atom. The van der Waals surface area contributed by atoms with E-state index in [1.807, 2.05) is 0 Å². The molecular formula is C9H14N4O2. The number of hydrogen-bond donors (Lipinski definition) is 1. The second-order valence-corrected chi connectivity index (χ2v) is 4.09. The SMILES string of the molecule is Cn1cnc([N+](=O)[O-])c1CC(N)C1CC1. The number of rotatable bonds is 4. The molecule has 0 saturated heterocycles. The third kappa shape index (κ3) is 1.99. The first-order valence-corrected chi connectivity index (χ1v) is 4.99. The van der Waals surface area contributed by atoms with Crippen LogP contribution in [0.3, 0.4) is 0 Å². The van der Waals surface area contributed by atoms with Crippen LogP contribution in [0.5, 0.6) is 0 Å². The van der Waals surface area contributed by atoms with Gasteiger partial charge in [0.15, 0.2) is 0 Å². The molecule has 0 aliphatic heterocycles. The van der Waals surface area contributed by atoms with Gasteiger partial charge in [-0.05, 0) is 28.7 Å². The molecule has 1 aromatic rings. The van der Waals surface area contributed by atoms with Gasteiger partial charge in [0, 0.05) is 19.5 Å². The Hall–Kier alpha value is -1.43. The van der Waals surface area contributed by atoms with Crippen LogP contribution in [-0.4, -0.2) is 20.5 Å². The molecule has 6 heteroatoms. The van der Waals surface area contributed by atoms with Crippen LogP contribution < -0.4 is 5.73 Å². The Morgan fingerprint density at radius 1 is 1.80 bits per heavy atom. The molecule has 1 aromatic heterocycles. The molecule has 1 fully saturated rings. The highest BCUT2D eigenvalue weighted by atomic mass is 16.6. The highest BCUT2D eigenvalue weighted by molar-refractivity contribution is 5.28. The highest BCUT2D eigenvalue weighted by Crippen LogP contribution is 2.33. The van der Waals surface area contributed by atoms with Crippen molar-refractivity contribution in [3.05, 3.63) is 22.1 Å². The number of imidazole rings is 1. The normalized spacial score (nSPS) is 17.7. The summed E-state index contributed by atoms with van der Waals surface area (Å²) in [5, 5.41) is 10.7. The fraction of sp³-hybridized carbons (Fsp3) is 0.667. The second-order valence-electron chi connectivity index (χ2n) is 4.09. The van der Waals surface area contributed by atoms with E-state index in [-0.39, 0.29) is 11.9 Å². The topological polar surface area (TPSA) is 87.0 Å². The molecule has 1 unspecified atom stereocenters. The number of aryl methyl sites for hydroxylation is 1. The third-order valence-corrected chi connectivity index (χ3v) is 2.87. The van der Waals surface area contributed by atoms with Gasteiger partial charge in [-0.3, -0.25) is 0 Å². The first kappa shape index (κ1) is 10.1. The van der Waals surface area contributed by atoms with Crippen molar-refractivity contribution < 1.29 is 4.92 Å². The van der Waals surface area contributed by atoms with E-state index in [4.69, 9.17) is 5.73 Å². The van der Waals surface area contributed by atoms with Crippen LogP contribution in [0.2, 0.25) is 0 Å². The lowest BCUT2D eigenvalue weighted by Gasteiger charge is -2.09. The zero-order chi connectivity index (χ0) is 11.0. The quantitative estimate of drug-likeness (QED) is 0.582. The van der Waals surface area contributed by atoms with Crippen molar-refractivity contribution in [2.75, 3.05) is 0 Å². The van der Waals surface area contributed by atoms with Crippen molar-refractivity contribution in [2.45, 2.75) is 25.3 Å². The van der Waals surface area contributed by atoms with Gasteiger partial charge in [-0.15, -0.1) is 0 Å². The summed E-state index contributed by atoms with van der Waals surface area (Å²) in [7, 11) is 1.76. The Bertz CT molecular complexity index is 383. The van der Waals surface area contributed by atoms with Crippen LogP contribution in [0, 0.1) is 16.0 Å². The molecule has 6 nitrogen and oxygen atoms in total. The van der Waals surface area contributed by atoms with Gasteiger partial charge in [-0.1, -0.05) is 0 Å². The first-order valence-electron chi connectivity index (χ1n) is 4.99. The van der Waals surface area contributed by atoms with Crippen molar-refractivity contribution in [3.8, 4) is 0 Å². The molecule has 0 spiro atoms. The van der Waals surface area contributed by atoms with Crippen molar-refractivity contribution in [3.63, 3.8) is 0 Å². The Kier molecular flexibility index (Phi) is 2.44. The van der Waals surface area contributed by atoms with Gasteiger partial charge in [0.1, 0.15) is 5.69 Å². The summed E-state index contributed by atoms with van der Waals surface area (Å²) in [5.41, 5.74) is 6.57. The van der Waals surface area contributed by atoms with Gasteiger partial charge >= 0.3 is 5.82 Å². The number of nitrogens with two attached hydrogens (primary N) is 1. The fourth-order valence-electron chi connectivity index (χ4n) is 1.75. The Morgan fingerprint density at radius 3 is 3.00 bits per heavy atom. The van der Waals surface area contributed by atoms with Gasteiger partial charge in [0.05, 0.1) is 0 Å². The maximum atomic E-state index is 10.7. The minimum atomic E-state index is -0.449. The molecule has 0 radical (unpaired) electrons. The molecule has 2 N–H and O–H groups in total. The summed E-state index contributed by atoms with van der Waals surface area (Å²) in [6.07, 6.45) is 4.30. The molecule has 2 rings (SSSR count). The van der Waals surface area contributed by atoms with Gasteiger partial charge in [0.25, 0.3) is 0 Å². The summed E-state index contributed by atoms with van der Waals surface area (Å²) in [4.78, 5) is 14.0. The van der Waals surface area contributed by atoms with Crippen molar-refractivity contribution in [2.24, 2.45) is 18.7 Å². The van der Waals surface area contributed by atoms with E-state index in [0.29, 0.717) is 18.0 Å². The van der Waals surface area contributed by atoms with E-state index in [1.165, 1.54) is 6.33 Å². The average Bonchev–Trinajstić information content (AvgIpc) is 2.94. The summed E-state index contributed by atoms with van der Waals surface area (Å²) in [6.45, 7) is 0. The maximum absolute atomic E-state index is 10.7. The highest BCUT2D eigenvalue weighted by Gasteiger charge is 2.31. The zero-order valence-corrected chi connectivity index (χ0v) is 8.59. The van der Waals surface area contributed by atoms with Crippen molar-refractivity contribution >= 4 is 5.82 Å². The number of nitro groups is 1. The number of nitrogens with zero attached hydrogens (tertiary/aromatic N) is 3. The van der Waals surface area contributed by atoms with E-state index in [0.717, 1.165) is 12.8 Å². The summed E-state index contributed by atoms with van der Waals surface area (Å²) >= 11 is 0. The molecular weight excluding hydrogens is 196 g/mol. The maximum Gasteiger partial charge on any atom is 0.384 e. The predicted molar refractivity (Wildman–Crippen MR) is 54.3 cm³/mol. The van der Waals surface area contributed by atoms with E-state index in [2.05, 4.69) is 4.98 Å². The monoisotopic (exact) mass is 210 g/mol. The number of aromatic nitrogens is 2. The molecule has 1 saturated carbocycles. The van der Waals surface area contributed by atoms with E-state index >= 15 is 0 Å². The smallest absolute Gasteiger partial charge is 0.358 e. The molecule has 82 valence electrons. The van der Waals surface area contributed by atoms with Gasteiger partial charge < -0.3 is 20.4 Å². The lowest BCUT2D eigenvalue weighted by molar-refractivity contribution is -0.390. The largest absolute Gasteiger partial charge is 0.384 e. The molecule has 15 heavy (non-hydrogen) atoms. The minimum Gasteiger partial charge on any atom is -0.358 e. The lowest BCUT2D eigenvalue weighted by atomic mass is 10.1. The molecule has 1 aliphatic carbocycles. The third-order valence-electron chi connectivity index (χ3n) is 2.87. The van der Waals surface area contributed by atoms with Crippen LogP contribution in [0.15, 0.2) is 6.33 Å². The molecule has 0 aromatic carbocycles. The first-order chi connectivity index (χ1) is 7.09. The molecule has 1 aliphatic rings. The fourth-order valence-corrected chi connectivity index (χ4v) is 1.75. The van der Waals surface area contributed by atoms with Gasteiger partial charge in [0.2, 0.25) is 6.33 Å². The predicted octanol–water partition coefficient (Wildman–Crippen LogP) is 0.608. The van der Waals surface area contributed by atoms with Gasteiger partial charge in [-0.2, -0.15) is 0 Å². The Balaban J connectivity index is 2.17. The lowest BCUT2D eigenvalue weighted by Crippen LogP contribution is -2.26. The molecule has 0 amide bonds. The standard InChI is InChI=1S/C9H14N4O2/c1-12-5-11-9(13(14)15)8(12)4-7(10)6-2-3-6/h5-7H,2-4,10H2,1H3. The summed E-state index contributed by atoms with van der Waals surface area (Å²) in [6, 6.07) is 0.0269. The van der Waals surface area contributed by atoms with E-state index in [1.54, 1.807) is 11.6 Å². The van der Waals surface area contributed by atoms with Crippen LogP contribution in [-0.2, 0) is 13.5 Å². The number of hydrogen-bond acceptors (Lipinski definition) is 4. The van der Waals surface area contributed by atoms with E-state index < -0.39 is 4.92 Å². The second kappa shape index (κ2) is 3.62. The van der Waals surface area contributed by atoms with Crippen LogP contribution in [0.4, 0.5) is 5.82 Å². The van der Waals surface area contributed by atoms with Crippen LogP contribution in [0.25, 0.3) is 0 Å². The molecule has 1 heterocycles. The summed E-state index contributed by atoms with van der Waals surface area (Å²) in [5.74, 6) is 0.480. The van der Waals surface area contributed by atoms with E-state index in [9.17, 15) is 10.1 Å². The van der Waals surface area contributed by atoms with Crippen molar-refractivity contribution in [1.82, 2.24) is 9.55 Å². The Labute approximate surface area is 87.2 Å².